The topological polar surface area (TPSA) is 9.23 Å². The zero-order valence-corrected chi connectivity index (χ0v) is 12.2. The van der Waals surface area contributed by atoms with Crippen molar-refractivity contribution >= 4 is 49.3 Å². The van der Waals surface area contributed by atoms with Crippen LogP contribution in [0.5, 0.6) is 0 Å². The Kier molecular flexibility index (Phi) is 5.18. The van der Waals surface area contributed by atoms with E-state index in [9.17, 15) is 0 Å². The molecule has 0 aliphatic rings. The minimum Gasteiger partial charge on any atom is -0.237 e. The summed E-state index contributed by atoms with van der Waals surface area (Å²) in [6.45, 7) is 0. The molecule has 2 aromatic carbocycles. The van der Waals surface area contributed by atoms with Crippen LogP contribution in [0.1, 0.15) is 0 Å². The van der Waals surface area contributed by atoms with Crippen LogP contribution in [0, 0.1) is 0 Å². The molecule has 0 atom stereocenters. The molecule has 0 aromatic heterocycles. The van der Waals surface area contributed by atoms with E-state index in [4.69, 9.17) is 3.63 Å². The molecule has 0 amide bonds. The van der Waals surface area contributed by atoms with E-state index in [-0.39, 0.29) is 0 Å². The van der Waals surface area contributed by atoms with Crippen molar-refractivity contribution in [3.05, 3.63) is 48.5 Å². The minimum absolute atomic E-state index is 0.950. The second kappa shape index (κ2) is 6.66. The molecule has 5 heteroatoms. The van der Waals surface area contributed by atoms with Gasteiger partial charge in [0.25, 0.3) is 0 Å². The van der Waals surface area contributed by atoms with Gasteiger partial charge in [0.05, 0.1) is 0 Å². The van der Waals surface area contributed by atoms with Gasteiger partial charge in [0.15, 0.2) is 0 Å². The molecule has 0 aliphatic heterocycles. The quantitative estimate of drug-likeness (QED) is 0.608. The number of rotatable bonds is 4. The molecule has 0 bridgehead atoms. The maximum absolute atomic E-state index is 5.47. The van der Waals surface area contributed by atoms with Crippen LogP contribution in [0.4, 0.5) is 0 Å². The van der Waals surface area contributed by atoms with E-state index in [2.05, 4.69) is 25.3 Å². The van der Waals surface area contributed by atoms with Crippen LogP contribution in [0.3, 0.4) is 0 Å². The van der Waals surface area contributed by atoms with Crippen molar-refractivity contribution in [1.29, 1.82) is 0 Å². The molecule has 1 nitrogen and oxygen atoms in total. The van der Waals surface area contributed by atoms with Gasteiger partial charge in [-0.25, -0.2) is 3.63 Å². The van der Waals surface area contributed by atoms with Crippen LogP contribution in [0.2, 0.25) is 0 Å². The van der Waals surface area contributed by atoms with Gasteiger partial charge < -0.3 is 0 Å². The molecule has 17 heavy (non-hydrogen) atoms. The molecule has 2 rings (SSSR count). The monoisotopic (exact) mass is 298 g/mol. The first-order valence-corrected chi connectivity index (χ1v) is 7.21. The molecular formula is C12H10OS4. The van der Waals surface area contributed by atoms with Crippen LogP contribution >= 0.6 is 49.3 Å². The van der Waals surface area contributed by atoms with Gasteiger partial charge in [-0.05, 0) is 48.5 Å². The van der Waals surface area contributed by atoms with Crippen molar-refractivity contribution in [3.63, 3.8) is 0 Å². The van der Waals surface area contributed by atoms with E-state index in [0.717, 1.165) is 19.6 Å². The fourth-order valence-electron chi connectivity index (χ4n) is 1.10. The van der Waals surface area contributed by atoms with Gasteiger partial charge in [-0.2, -0.15) is 0 Å². The fourth-order valence-corrected chi connectivity index (χ4v) is 2.66. The third-order valence-corrected chi connectivity index (χ3v) is 4.00. The largest absolute Gasteiger partial charge is 0.237 e. The van der Waals surface area contributed by atoms with Crippen LogP contribution in [-0.2, 0) is 3.63 Å². The Labute approximate surface area is 121 Å². The lowest BCUT2D eigenvalue weighted by Crippen LogP contribution is -1.73. The first kappa shape index (κ1) is 13.2. The summed E-state index contributed by atoms with van der Waals surface area (Å²) >= 11 is 11.1. The number of benzene rings is 2. The zero-order chi connectivity index (χ0) is 12.1. The highest BCUT2D eigenvalue weighted by molar-refractivity contribution is 8.07. The lowest BCUT2D eigenvalue weighted by molar-refractivity contribution is 0.756. The zero-order valence-electron chi connectivity index (χ0n) is 8.74. The highest BCUT2D eigenvalue weighted by atomic mass is 32.2. The molecule has 0 fully saturated rings. The average Bonchev–Trinajstić information content (AvgIpc) is 2.34. The van der Waals surface area contributed by atoms with Gasteiger partial charge in [-0.15, -0.1) is 25.3 Å². The smallest absolute Gasteiger partial charge is 0.0447 e. The van der Waals surface area contributed by atoms with Gasteiger partial charge in [0.1, 0.15) is 0 Å². The number of thiol groups is 2. The van der Waals surface area contributed by atoms with E-state index in [1.807, 2.05) is 48.5 Å². The molecule has 0 heterocycles. The molecular weight excluding hydrogens is 288 g/mol. The molecule has 0 N–H and O–H groups in total. The maximum Gasteiger partial charge on any atom is 0.0447 e. The number of hydrogen-bond acceptors (Lipinski definition) is 5. The summed E-state index contributed by atoms with van der Waals surface area (Å²) in [7, 11) is 0. The average molecular weight is 298 g/mol. The lowest BCUT2D eigenvalue weighted by atomic mass is 10.4. The third kappa shape index (κ3) is 4.52. The molecule has 0 unspecified atom stereocenters. The van der Waals surface area contributed by atoms with Gasteiger partial charge in [-0.1, -0.05) is 0 Å². The molecule has 88 valence electrons. The predicted molar refractivity (Wildman–Crippen MR) is 80.2 cm³/mol. The normalized spacial score (nSPS) is 10.5. The molecule has 0 aliphatic carbocycles. The van der Waals surface area contributed by atoms with Gasteiger partial charge in [-0.3, -0.25) is 0 Å². The minimum atomic E-state index is 0.950. The predicted octanol–water partition coefficient (Wildman–Crippen LogP) is 5.00. The van der Waals surface area contributed by atoms with Crippen molar-refractivity contribution in [2.45, 2.75) is 19.6 Å². The number of hydrogen-bond donors (Lipinski definition) is 2. The Morgan fingerprint density at radius 1 is 0.647 bits per heavy atom. The Morgan fingerprint density at radius 3 is 1.35 bits per heavy atom. The first-order chi connectivity index (χ1) is 8.24. The molecule has 0 radical (unpaired) electrons. The summed E-state index contributed by atoms with van der Waals surface area (Å²) in [6.07, 6.45) is 0. The Morgan fingerprint density at radius 2 is 1.00 bits per heavy atom. The highest BCUT2D eigenvalue weighted by Crippen LogP contribution is 2.30. The molecule has 0 spiro atoms. The van der Waals surface area contributed by atoms with Crippen LogP contribution in [-0.4, -0.2) is 0 Å². The van der Waals surface area contributed by atoms with E-state index < -0.39 is 0 Å². The highest BCUT2D eigenvalue weighted by Gasteiger charge is 1.98. The van der Waals surface area contributed by atoms with Crippen LogP contribution < -0.4 is 0 Å². The van der Waals surface area contributed by atoms with Crippen LogP contribution in [0.25, 0.3) is 0 Å². The van der Waals surface area contributed by atoms with Gasteiger partial charge in [0.2, 0.25) is 0 Å². The second-order valence-corrected chi connectivity index (χ2v) is 6.08. The van der Waals surface area contributed by atoms with Crippen molar-refractivity contribution in [2.24, 2.45) is 0 Å². The molecule has 0 saturated heterocycles. The lowest BCUT2D eigenvalue weighted by Gasteiger charge is -2.02. The van der Waals surface area contributed by atoms with Crippen LogP contribution in [0.15, 0.2) is 68.1 Å². The third-order valence-electron chi connectivity index (χ3n) is 1.93. The van der Waals surface area contributed by atoms with Crippen molar-refractivity contribution in [3.8, 4) is 0 Å². The van der Waals surface area contributed by atoms with Crippen molar-refractivity contribution in [2.75, 3.05) is 0 Å². The fraction of sp³-hybridized carbons (Fsp3) is 0. The van der Waals surface area contributed by atoms with E-state index in [0.29, 0.717) is 0 Å². The summed E-state index contributed by atoms with van der Waals surface area (Å²) in [5.74, 6) is 0. The molecule has 2 aromatic rings. The molecule has 0 saturated carbocycles. The van der Waals surface area contributed by atoms with E-state index >= 15 is 0 Å². The van der Waals surface area contributed by atoms with Gasteiger partial charge in [0, 0.05) is 43.7 Å². The summed E-state index contributed by atoms with van der Waals surface area (Å²) in [6, 6.07) is 15.7. The van der Waals surface area contributed by atoms with E-state index in [1.165, 1.54) is 24.1 Å². The maximum atomic E-state index is 5.47. The summed E-state index contributed by atoms with van der Waals surface area (Å²) in [5.41, 5.74) is 0. The van der Waals surface area contributed by atoms with Gasteiger partial charge >= 0.3 is 0 Å². The standard InChI is InChI=1S/C12H10OS4/c14-9-1-5-11(6-2-9)16-13-17-12-7-3-10(15)4-8-12/h1-8,14-15H. The summed E-state index contributed by atoms with van der Waals surface area (Å²) < 4.78 is 5.47. The van der Waals surface area contributed by atoms with Crippen molar-refractivity contribution < 1.29 is 3.63 Å². The van der Waals surface area contributed by atoms with E-state index in [1.54, 1.807) is 0 Å². The summed E-state index contributed by atoms with van der Waals surface area (Å²) in [5, 5.41) is 0. The summed E-state index contributed by atoms with van der Waals surface area (Å²) in [4.78, 5) is 4.01. The Bertz CT molecular complexity index is 421. The Hall–Kier alpha value is -0.200. The Balaban J connectivity index is 1.83. The second-order valence-electron chi connectivity index (χ2n) is 3.22. The van der Waals surface area contributed by atoms with Crippen molar-refractivity contribution in [1.82, 2.24) is 0 Å². The first-order valence-electron chi connectivity index (χ1n) is 4.83. The SMILES string of the molecule is Sc1ccc(SOSc2ccc(S)cc2)cc1.